The van der Waals surface area contributed by atoms with Crippen LogP contribution >= 0.6 is 11.8 Å². The molecule has 1 aliphatic heterocycles. The summed E-state index contributed by atoms with van der Waals surface area (Å²) >= 11 is 1.52. The van der Waals surface area contributed by atoms with Crippen molar-refractivity contribution in [3.05, 3.63) is 70.4 Å². The minimum Gasteiger partial charge on any atom is -0.376 e. The van der Waals surface area contributed by atoms with E-state index in [1.54, 1.807) is 6.07 Å². The lowest BCUT2D eigenvalue weighted by atomic mass is 10.1. The maximum absolute atomic E-state index is 12.6. The molecular formula is C25H24N6O2S. The Morgan fingerprint density at radius 2 is 2.03 bits per heavy atom. The molecule has 9 heteroatoms. The average Bonchev–Trinajstić information content (AvgIpc) is 3.59. The van der Waals surface area contributed by atoms with Gasteiger partial charge in [-0.3, -0.25) is 9.36 Å². The summed E-state index contributed by atoms with van der Waals surface area (Å²) < 4.78 is 8.07. The summed E-state index contributed by atoms with van der Waals surface area (Å²) in [7, 11) is 0. The second-order valence-corrected chi connectivity index (χ2v) is 9.51. The molecular weight excluding hydrogens is 448 g/mol. The molecule has 2 N–H and O–H groups in total. The molecule has 0 spiro atoms. The third kappa shape index (κ3) is 3.80. The summed E-state index contributed by atoms with van der Waals surface area (Å²) in [5.74, 6) is 1.92. The quantitative estimate of drug-likeness (QED) is 0.354. The first-order valence-corrected chi connectivity index (χ1v) is 12.4. The van der Waals surface area contributed by atoms with E-state index in [0.29, 0.717) is 23.5 Å². The van der Waals surface area contributed by atoms with E-state index in [1.807, 2.05) is 37.4 Å². The van der Waals surface area contributed by atoms with Crippen LogP contribution in [-0.2, 0) is 17.0 Å². The first kappa shape index (κ1) is 21.1. The van der Waals surface area contributed by atoms with E-state index in [1.165, 1.54) is 11.8 Å². The molecule has 0 aliphatic carbocycles. The molecule has 1 atom stereocenters. The van der Waals surface area contributed by atoms with Crippen LogP contribution in [0.3, 0.4) is 0 Å². The van der Waals surface area contributed by atoms with Gasteiger partial charge in [-0.05, 0) is 37.5 Å². The van der Waals surface area contributed by atoms with Crippen LogP contribution in [0.15, 0.2) is 58.6 Å². The molecule has 0 saturated carbocycles. The smallest absolute Gasteiger partial charge is 0.258 e. The van der Waals surface area contributed by atoms with E-state index < -0.39 is 0 Å². The van der Waals surface area contributed by atoms with E-state index in [2.05, 4.69) is 36.9 Å². The summed E-state index contributed by atoms with van der Waals surface area (Å²) in [5, 5.41) is 11.6. The topological polar surface area (TPSA) is 101 Å². The first-order valence-electron chi connectivity index (χ1n) is 11.4. The maximum Gasteiger partial charge on any atom is 0.258 e. The van der Waals surface area contributed by atoms with Gasteiger partial charge >= 0.3 is 0 Å². The lowest BCUT2D eigenvalue weighted by molar-refractivity contribution is 0.0953. The Kier molecular flexibility index (Phi) is 5.43. The van der Waals surface area contributed by atoms with Crippen LogP contribution in [0.5, 0.6) is 0 Å². The Labute approximate surface area is 199 Å². The van der Waals surface area contributed by atoms with E-state index >= 15 is 0 Å². The predicted molar refractivity (Wildman–Crippen MR) is 133 cm³/mol. The summed E-state index contributed by atoms with van der Waals surface area (Å²) in [6.45, 7) is 3.45. The summed E-state index contributed by atoms with van der Waals surface area (Å²) in [5.41, 5.74) is 3.68. The monoisotopic (exact) mass is 472 g/mol. The predicted octanol–water partition coefficient (Wildman–Crippen LogP) is 4.44. The highest BCUT2D eigenvalue weighted by Crippen LogP contribution is 2.32. The van der Waals surface area contributed by atoms with Crippen molar-refractivity contribution in [3.8, 4) is 11.4 Å². The zero-order chi connectivity index (χ0) is 23.1. The molecule has 172 valence electrons. The van der Waals surface area contributed by atoms with Crippen LogP contribution in [0.25, 0.3) is 33.2 Å². The highest BCUT2D eigenvalue weighted by atomic mass is 32.2. The Morgan fingerprint density at radius 1 is 1.15 bits per heavy atom. The van der Waals surface area contributed by atoms with Gasteiger partial charge in [0.05, 0.1) is 29.3 Å². The first-order chi connectivity index (χ1) is 16.7. The number of nitrogens with zero attached hydrogens (tertiary/aromatic N) is 4. The van der Waals surface area contributed by atoms with Crippen molar-refractivity contribution in [2.75, 3.05) is 6.61 Å². The van der Waals surface area contributed by atoms with Gasteiger partial charge in [-0.2, -0.15) is 0 Å². The van der Waals surface area contributed by atoms with E-state index in [0.717, 1.165) is 58.0 Å². The van der Waals surface area contributed by atoms with Crippen molar-refractivity contribution in [3.63, 3.8) is 0 Å². The minimum atomic E-state index is -0.121. The minimum absolute atomic E-state index is 0.121. The van der Waals surface area contributed by atoms with Crippen LogP contribution in [0.2, 0.25) is 0 Å². The summed E-state index contributed by atoms with van der Waals surface area (Å²) in [6.07, 6.45) is 4.22. The van der Waals surface area contributed by atoms with Crippen LogP contribution < -0.4 is 5.56 Å². The van der Waals surface area contributed by atoms with Gasteiger partial charge in [0.15, 0.2) is 11.0 Å². The number of para-hydroxylation sites is 2. The van der Waals surface area contributed by atoms with Crippen LogP contribution in [0, 0.1) is 6.92 Å². The fraction of sp³-hybridized carbons (Fsp3) is 0.280. The molecule has 1 aliphatic rings. The van der Waals surface area contributed by atoms with Crippen molar-refractivity contribution in [2.24, 2.45) is 0 Å². The molecule has 1 fully saturated rings. The number of fused-ring (bicyclic) bond motifs is 2. The summed E-state index contributed by atoms with van der Waals surface area (Å²) in [6, 6.07) is 13.8. The van der Waals surface area contributed by atoms with Crippen molar-refractivity contribution in [2.45, 2.75) is 43.3 Å². The van der Waals surface area contributed by atoms with Crippen LogP contribution in [0.1, 0.15) is 24.2 Å². The zero-order valence-corrected chi connectivity index (χ0v) is 19.6. The normalized spacial score (nSPS) is 16.1. The highest BCUT2D eigenvalue weighted by Gasteiger charge is 2.23. The van der Waals surface area contributed by atoms with Gasteiger partial charge in [0.2, 0.25) is 0 Å². The Morgan fingerprint density at radius 3 is 2.91 bits per heavy atom. The van der Waals surface area contributed by atoms with Gasteiger partial charge < -0.3 is 14.7 Å². The van der Waals surface area contributed by atoms with Gasteiger partial charge in [-0.1, -0.05) is 42.1 Å². The Hall–Kier alpha value is -3.43. The number of aromatic nitrogens is 6. The molecule has 5 aromatic rings. The number of hydrogen-bond acceptors (Lipinski definition) is 6. The van der Waals surface area contributed by atoms with Crippen LogP contribution in [0.4, 0.5) is 0 Å². The number of hydrogen-bond donors (Lipinski definition) is 2. The van der Waals surface area contributed by atoms with Gasteiger partial charge in [0.1, 0.15) is 5.82 Å². The highest BCUT2D eigenvalue weighted by molar-refractivity contribution is 7.98. The second-order valence-electron chi connectivity index (χ2n) is 8.57. The number of rotatable bonds is 6. The molecule has 3 aromatic heterocycles. The third-order valence-corrected chi connectivity index (χ3v) is 7.26. The molecule has 1 unspecified atom stereocenters. The van der Waals surface area contributed by atoms with Crippen molar-refractivity contribution < 1.29 is 4.74 Å². The number of nitrogens with one attached hydrogen (secondary N) is 2. The molecule has 0 radical (unpaired) electrons. The number of thioether (sulfide) groups is 1. The number of aromatic amines is 2. The molecule has 2 aromatic carbocycles. The molecule has 1 saturated heterocycles. The van der Waals surface area contributed by atoms with Gasteiger partial charge in [0.25, 0.3) is 5.56 Å². The van der Waals surface area contributed by atoms with Gasteiger partial charge in [-0.15, -0.1) is 10.2 Å². The molecule has 8 nitrogen and oxygen atoms in total. The summed E-state index contributed by atoms with van der Waals surface area (Å²) in [4.78, 5) is 23.6. The third-order valence-electron chi connectivity index (χ3n) is 6.28. The molecule has 6 rings (SSSR count). The largest absolute Gasteiger partial charge is 0.376 e. The van der Waals surface area contributed by atoms with Gasteiger partial charge in [-0.25, -0.2) is 4.98 Å². The number of aryl methyl sites for hydroxylation is 1. The fourth-order valence-corrected chi connectivity index (χ4v) is 5.38. The lowest BCUT2D eigenvalue weighted by Crippen LogP contribution is -2.17. The standard InChI is InChI=1S/C25H24N6O2S/c1-15-6-4-9-18-22(15)27-21(28-24(18)32)14-34-25-30-29-23(31(25)13-16-7-5-11-33-16)19-12-26-20-10-3-2-8-17(19)20/h2-4,6,8-10,12,16,26H,5,7,11,13-14H2,1H3,(H,27,28,32). The van der Waals surface area contributed by atoms with Crippen LogP contribution in [-0.4, -0.2) is 42.4 Å². The fourth-order valence-electron chi connectivity index (χ4n) is 4.56. The SMILES string of the molecule is Cc1cccc2c(=O)[nH]c(CSc3nnc(-c4c[nH]c5ccccc45)n3CC3CCCO3)nc12. The van der Waals surface area contributed by atoms with E-state index in [4.69, 9.17) is 9.72 Å². The Balaban J connectivity index is 1.35. The van der Waals surface area contributed by atoms with Gasteiger partial charge in [0, 0.05) is 29.3 Å². The van der Waals surface area contributed by atoms with Crippen molar-refractivity contribution in [1.82, 2.24) is 29.7 Å². The second kappa shape index (κ2) is 8.73. The number of ether oxygens (including phenoxy) is 1. The molecule has 34 heavy (non-hydrogen) atoms. The maximum atomic E-state index is 12.6. The molecule has 0 amide bonds. The Bertz CT molecular complexity index is 1550. The molecule has 0 bridgehead atoms. The molecule has 4 heterocycles. The van der Waals surface area contributed by atoms with Crippen molar-refractivity contribution >= 4 is 33.6 Å². The number of benzene rings is 2. The lowest BCUT2D eigenvalue weighted by Gasteiger charge is -2.14. The number of H-pyrrole nitrogens is 2. The van der Waals surface area contributed by atoms with E-state index in [9.17, 15) is 4.79 Å². The zero-order valence-electron chi connectivity index (χ0n) is 18.7. The average molecular weight is 473 g/mol. The van der Waals surface area contributed by atoms with E-state index in [-0.39, 0.29) is 11.7 Å². The van der Waals surface area contributed by atoms with Crippen molar-refractivity contribution in [1.29, 1.82) is 0 Å².